The Bertz CT molecular complexity index is 1460. The zero-order valence-electron chi connectivity index (χ0n) is 18.7. The summed E-state index contributed by atoms with van der Waals surface area (Å²) in [6.07, 6.45) is 3.24. The lowest BCUT2D eigenvalue weighted by Crippen LogP contribution is -2.18. The first-order valence-corrected chi connectivity index (χ1v) is 11.5. The Kier molecular flexibility index (Phi) is 6.50. The Hall–Kier alpha value is -4.48. The van der Waals surface area contributed by atoms with Gasteiger partial charge in [-0.1, -0.05) is 78.3 Å². The summed E-state index contributed by atoms with van der Waals surface area (Å²) in [6, 6.07) is 35.2. The van der Waals surface area contributed by atoms with E-state index in [-0.39, 0.29) is 5.91 Å². The van der Waals surface area contributed by atoms with Gasteiger partial charge in [-0.3, -0.25) is 9.78 Å². The van der Waals surface area contributed by atoms with E-state index in [9.17, 15) is 4.79 Å². The predicted octanol–water partition coefficient (Wildman–Crippen LogP) is 6.62. The first-order valence-electron chi connectivity index (χ1n) is 11.1. The fraction of sp³-hybridized carbons (Fsp3) is 0. The van der Waals surface area contributed by atoms with E-state index in [0.717, 1.165) is 33.8 Å². The van der Waals surface area contributed by atoms with Crippen LogP contribution in [0.25, 0.3) is 28.2 Å². The number of amides is 1. The first kappa shape index (κ1) is 22.3. The number of nitrogens with one attached hydrogen (secondary N) is 1. The smallest absolute Gasteiger partial charge is 0.289 e. The third-order valence-electron chi connectivity index (χ3n) is 5.50. The van der Waals surface area contributed by atoms with Crippen LogP contribution in [0.1, 0.15) is 16.1 Å². The quantitative estimate of drug-likeness (QED) is 0.221. The molecule has 0 bridgehead atoms. The lowest BCUT2D eigenvalue weighted by molar-refractivity contribution is 0.0950. The van der Waals surface area contributed by atoms with Gasteiger partial charge in [0.05, 0.1) is 17.6 Å². The van der Waals surface area contributed by atoms with Crippen molar-refractivity contribution in [2.45, 2.75) is 0 Å². The number of pyridine rings is 1. The molecule has 5 rings (SSSR count). The monoisotopic (exact) mass is 476 g/mol. The normalized spacial score (nSPS) is 11.0. The molecule has 6 heteroatoms. The SMILES string of the molecule is O=C(N/N=C\c1cc(-c2ccccc2)n(-c2ccc(Cl)cc2)c1-c1ccccc1)c1ccccn1. The molecule has 0 saturated heterocycles. The molecule has 0 unspecified atom stereocenters. The number of carbonyl (C=O) groups is 1. The van der Waals surface area contributed by atoms with E-state index in [1.165, 1.54) is 0 Å². The third-order valence-corrected chi connectivity index (χ3v) is 5.75. The van der Waals surface area contributed by atoms with Crippen LogP contribution in [0.15, 0.2) is 120 Å². The average Bonchev–Trinajstić information content (AvgIpc) is 3.30. The van der Waals surface area contributed by atoms with Crippen molar-refractivity contribution in [3.8, 4) is 28.2 Å². The average molecular weight is 477 g/mol. The number of nitrogens with zero attached hydrogens (tertiary/aromatic N) is 3. The topological polar surface area (TPSA) is 59.3 Å². The van der Waals surface area contributed by atoms with Crippen molar-refractivity contribution >= 4 is 23.7 Å². The first-order chi connectivity index (χ1) is 17.2. The Labute approximate surface area is 208 Å². The highest BCUT2D eigenvalue weighted by atomic mass is 35.5. The molecule has 5 aromatic rings. The zero-order valence-corrected chi connectivity index (χ0v) is 19.4. The predicted molar refractivity (Wildman–Crippen MR) is 141 cm³/mol. The number of hydrazone groups is 1. The lowest BCUT2D eigenvalue weighted by atomic mass is 10.1. The van der Waals surface area contributed by atoms with Crippen LogP contribution in [0, 0.1) is 0 Å². The van der Waals surface area contributed by atoms with Crippen LogP contribution in [0.2, 0.25) is 5.02 Å². The molecule has 170 valence electrons. The molecule has 0 fully saturated rings. The van der Waals surface area contributed by atoms with Crippen molar-refractivity contribution in [2.75, 3.05) is 0 Å². The van der Waals surface area contributed by atoms with Crippen molar-refractivity contribution in [3.63, 3.8) is 0 Å². The summed E-state index contributed by atoms with van der Waals surface area (Å²) < 4.78 is 2.18. The van der Waals surface area contributed by atoms with Crippen LogP contribution in [0.3, 0.4) is 0 Å². The van der Waals surface area contributed by atoms with Gasteiger partial charge in [-0.2, -0.15) is 5.10 Å². The van der Waals surface area contributed by atoms with Gasteiger partial charge in [-0.05, 0) is 53.6 Å². The van der Waals surface area contributed by atoms with Gasteiger partial charge in [0, 0.05) is 22.5 Å². The molecule has 1 amide bonds. The van der Waals surface area contributed by atoms with E-state index in [1.807, 2.05) is 60.7 Å². The second-order valence-electron chi connectivity index (χ2n) is 7.79. The Balaban J connectivity index is 1.65. The highest BCUT2D eigenvalue weighted by Crippen LogP contribution is 2.35. The maximum atomic E-state index is 12.4. The van der Waals surface area contributed by atoms with Crippen LogP contribution in [0.4, 0.5) is 0 Å². The molecular formula is C29H21ClN4O. The molecule has 0 aliphatic carbocycles. The molecular weight excluding hydrogens is 456 g/mol. The minimum atomic E-state index is -0.372. The molecule has 5 nitrogen and oxygen atoms in total. The summed E-state index contributed by atoms with van der Waals surface area (Å²) in [7, 11) is 0. The summed E-state index contributed by atoms with van der Waals surface area (Å²) >= 11 is 6.19. The number of hydrogen-bond donors (Lipinski definition) is 1. The molecule has 1 N–H and O–H groups in total. The van der Waals surface area contributed by atoms with E-state index in [2.05, 4.69) is 50.4 Å². The fourth-order valence-corrected chi connectivity index (χ4v) is 4.04. The van der Waals surface area contributed by atoms with E-state index in [0.29, 0.717) is 10.7 Å². The molecule has 2 aromatic heterocycles. The Morgan fingerprint density at radius 3 is 2.14 bits per heavy atom. The number of benzene rings is 3. The molecule has 0 atom stereocenters. The summed E-state index contributed by atoms with van der Waals surface area (Å²) in [4.78, 5) is 16.5. The molecule has 35 heavy (non-hydrogen) atoms. The molecule has 0 aliphatic rings. The summed E-state index contributed by atoms with van der Waals surface area (Å²) in [5.74, 6) is -0.372. The highest BCUT2D eigenvalue weighted by Gasteiger charge is 2.18. The van der Waals surface area contributed by atoms with E-state index in [1.54, 1.807) is 30.6 Å². The van der Waals surface area contributed by atoms with Crippen molar-refractivity contribution in [1.82, 2.24) is 15.0 Å². The maximum absolute atomic E-state index is 12.4. The van der Waals surface area contributed by atoms with Gasteiger partial charge in [0.1, 0.15) is 5.69 Å². The fourth-order valence-electron chi connectivity index (χ4n) is 3.91. The van der Waals surface area contributed by atoms with Gasteiger partial charge in [0.15, 0.2) is 0 Å². The lowest BCUT2D eigenvalue weighted by Gasteiger charge is -2.15. The summed E-state index contributed by atoms with van der Waals surface area (Å²) in [5, 5.41) is 4.93. The Morgan fingerprint density at radius 2 is 1.49 bits per heavy atom. The van der Waals surface area contributed by atoms with Crippen molar-refractivity contribution < 1.29 is 4.79 Å². The molecule has 0 saturated carbocycles. The largest absolute Gasteiger partial charge is 0.309 e. The van der Waals surface area contributed by atoms with Gasteiger partial charge in [0.25, 0.3) is 5.91 Å². The van der Waals surface area contributed by atoms with Crippen LogP contribution in [-0.4, -0.2) is 21.7 Å². The number of rotatable bonds is 6. The highest BCUT2D eigenvalue weighted by molar-refractivity contribution is 6.30. The molecule has 0 spiro atoms. The minimum absolute atomic E-state index is 0.302. The molecule has 0 radical (unpaired) electrons. The van der Waals surface area contributed by atoms with Crippen LogP contribution in [0.5, 0.6) is 0 Å². The summed E-state index contributed by atoms with van der Waals surface area (Å²) in [5.41, 5.74) is 8.71. The van der Waals surface area contributed by atoms with Gasteiger partial charge in [-0.15, -0.1) is 0 Å². The maximum Gasteiger partial charge on any atom is 0.289 e. The van der Waals surface area contributed by atoms with Gasteiger partial charge >= 0.3 is 0 Å². The van der Waals surface area contributed by atoms with Crippen molar-refractivity contribution in [3.05, 3.63) is 132 Å². The van der Waals surface area contributed by atoms with Gasteiger partial charge in [-0.25, -0.2) is 5.43 Å². The third kappa shape index (κ3) is 4.90. The van der Waals surface area contributed by atoms with E-state index >= 15 is 0 Å². The van der Waals surface area contributed by atoms with E-state index < -0.39 is 0 Å². The second-order valence-corrected chi connectivity index (χ2v) is 8.23. The van der Waals surface area contributed by atoms with Crippen LogP contribution >= 0.6 is 11.6 Å². The van der Waals surface area contributed by atoms with Crippen LogP contribution in [-0.2, 0) is 0 Å². The molecule has 0 aliphatic heterocycles. The second kappa shape index (κ2) is 10.2. The van der Waals surface area contributed by atoms with Crippen LogP contribution < -0.4 is 5.43 Å². The molecule has 2 heterocycles. The number of carbonyl (C=O) groups excluding carboxylic acids is 1. The van der Waals surface area contributed by atoms with E-state index in [4.69, 9.17) is 11.6 Å². The molecule has 3 aromatic carbocycles. The van der Waals surface area contributed by atoms with Crippen molar-refractivity contribution in [2.24, 2.45) is 5.10 Å². The number of aromatic nitrogens is 2. The summed E-state index contributed by atoms with van der Waals surface area (Å²) in [6.45, 7) is 0. The van der Waals surface area contributed by atoms with Crippen molar-refractivity contribution in [1.29, 1.82) is 0 Å². The van der Waals surface area contributed by atoms with Gasteiger partial charge < -0.3 is 4.57 Å². The zero-order chi connectivity index (χ0) is 24.0. The van der Waals surface area contributed by atoms with Gasteiger partial charge in [0.2, 0.25) is 0 Å². The standard InChI is InChI=1S/C29H21ClN4O/c30-24-14-16-25(17-15-24)34-27(21-9-3-1-4-10-21)19-23(28(34)22-11-5-2-6-12-22)20-32-33-29(35)26-13-7-8-18-31-26/h1-20H,(H,33,35)/b32-20-. The Morgan fingerprint density at radius 1 is 0.829 bits per heavy atom. The number of hydrogen-bond acceptors (Lipinski definition) is 3. The number of halogens is 1. The minimum Gasteiger partial charge on any atom is -0.309 e.